The van der Waals surface area contributed by atoms with Gasteiger partial charge in [-0.1, -0.05) is 29.8 Å². The Morgan fingerprint density at radius 3 is 2.68 bits per heavy atom. The molecule has 0 aliphatic carbocycles. The Bertz CT molecular complexity index is 634. The third kappa shape index (κ3) is 3.24. The lowest BCUT2D eigenvalue weighted by Gasteiger charge is -2.14. The number of benzene rings is 2. The number of rotatable bonds is 3. The Morgan fingerprint density at radius 1 is 1.26 bits per heavy atom. The highest BCUT2D eigenvalue weighted by Crippen LogP contribution is 2.24. The highest BCUT2D eigenvalue weighted by molar-refractivity contribution is 6.30. The summed E-state index contributed by atoms with van der Waals surface area (Å²) in [6, 6.07) is 13.6. The lowest BCUT2D eigenvalue weighted by Crippen LogP contribution is -2.08. The predicted octanol–water partition coefficient (Wildman–Crippen LogP) is 4.46. The summed E-state index contributed by atoms with van der Waals surface area (Å²) in [7, 11) is 0. The smallest absolute Gasteiger partial charge is 0.141 e. The molecule has 0 aliphatic heterocycles. The van der Waals surface area contributed by atoms with Crippen LogP contribution in [0.2, 0.25) is 5.02 Å². The van der Waals surface area contributed by atoms with Crippen LogP contribution in [-0.4, -0.2) is 0 Å². The summed E-state index contributed by atoms with van der Waals surface area (Å²) in [6.07, 6.45) is 0. The molecule has 2 rings (SSSR count). The molecule has 0 aliphatic rings. The van der Waals surface area contributed by atoms with E-state index in [9.17, 15) is 9.65 Å². The zero-order chi connectivity index (χ0) is 13.8. The molecule has 96 valence electrons. The minimum absolute atomic E-state index is 0.0174. The SMILES string of the molecule is Cc1cccc(NC(C#N)c2ccc(F)c(Cl)c2)c1. The van der Waals surface area contributed by atoms with Crippen LogP contribution < -0.4 is 5.32 Å². The van der Waals surface area contributed by atoms with Crippen LogP contribution in [0.3, 0.4) is 0 Å². The van der Waals surface area contributed by atoms with E-state index in [-0.39, 0.29) is 5.02 Å². The van der Waals surface area contributed by atoms with Crippen LogP contribution in [0.1, 0.15) is 17.2 Å². The summed E-state index contributed by atoms with van der Waals surface area (Å²) < 4.78 is 13.1. The van der Waals surface area contributed by atoms with E-state index in [1.165, 1.54) is 12.1 Å². The lowest BCUT2D eigenvalue weighted by atomic mass is 10.1. The fraction of sp³-hybridized carbons (Fsp3) is 0.133. The number of anilines is 1. The third-order valence-corrected chi connectivity index (χ3v) is 3.02. The van der Waals surface area contributed by atoms with Crippen molar-refractivity contribution in [3.05, 3.63) is 64.4 Å². The molecule has 1 atom stereocenters. The summed E-state index contributed by atoms with van der Waals surface area (Å²) >= 11 is 5.73. The largest absolute Gasteiger partial charge is 0.366 e. The molecular weight excluding hydrogens is 263 g/mol. The maximum Gasteiger partial charge on any atom is 0.141 e. The van der Waals surface area contributed by atoms with E-state index >= 15 is 0 Å². The Labute approximate surface area is 116 Å². The van der Waals surface area contributed by atoms with Gasteiger partial charge < -0.3 is 5.32 Å². The molecule has 0 spiro atoms. The van der Waals surface area contributed by atoms with Crippen molar-refractivity contribution in [3.63, 3.8) is 0 Å². The van der Waals surface area contributed by atoms with Gasteiger partial charge in [0.2, 0.25) is 0 Å². The average molecular weight is 275 g/mol. The summed E-state index contributed by atoms with van der Waals surface area (Å²) in [5.41, 5.74) is 2.57. The van der Waals surface area contributed by atoms with Crippen LogP contribution in [0.4, 0.5) is 10.1 Å². The van der Waals surface area contributed by atoms with Crippen molar-refractivity contribution < 1.29 is 4.39 Å². The number of nitriles is 1. The van der Waals surface area contributed by atoms with E-state index in [1.807, 2.05) is 31.2 Å². The molecule has 0 saturated heterocycles. The van der Waals surface area contributed by atoms with E-state index in [1.54, 1.807) is 6.07 Å². The Morgan fingerprint density at radius 2 is 2.05 bits per heavy atom. The van der Waals surface area contributed by atoms with Crippen LogP contribution in [0.15, 0.2) is 42.5 Å². The zero-order valence-electron chi connectivity index (χ0n) is 10.3. The molecule has 19 heavy (non-hydrogen) atoms. The summed E-state index contributed by atoms with van der Waals surface area (Å²) in [5, 5.41) is 12.3. The van der Waals surface area contributed by atoms with Crippen LogP contribution >= 0.6 is 11.6 Å². The van der Waals surface area contributed by atoms with E-state index in [2.05, 4.69) is 11.4 Å². The standard InChI is InChI=1S/C15H12ClFN2/c1-10-3-2-4-12(7-10)19-15(9-18)11-5-6-14(17)13(16)8-11/h2-8,15,19H,1H3. The first-order valence-electron chi connectivity index (χ1n) is 5.78. The topological polar surface area (TPSA) is 35.8 Å². The average Bonchev–Trinajstić information content (AvgIpc) is 2.39. The molecule has 0 amide bonds. The first-order chi connectivity index (χ1) is 9.10. The molecular formula is C15H12ClFN2. The molecule has 0 bridgehead atoms. The van der Waals surface area contributed by atoms with Gasteiger partial charge in [0.1, 0.15) is 11.9 Å². The number of hydrogen-bond acceptors (Lipinski definition) is 2. The molecule has 0 radical (unpaired) electrons. The molecule has 2 nitrogen and oxygen atoms in total. The Kier molecular flexibility index (Phi) is 4.03. The van der Waals surface area contributed by atoms with Crippen molar-refractivity contribution in [2.75, 3.05) is 5.32 Å². The third-order valence-electron chi connectivity index (χ3n) is 2.74. The van der Waals surface area contributed by atoms with E-state index < -0.39 is 11.9 Å². The molecule has 4 heteroatoms. The number of hydrogen-bond donors (Lipinski definition) is 1. The summed E-state index contributed by atoms with van der Waals surface area (Å²) in [4.78, 5) is 0. The normalized spacial score (nSPS) is 11.7. The van der Waals surface area contributed by atoms with Gasteiger partial charge in [-0.05, 0) is 42.3 Å². The van der Waals surface area contributed by atoms with E-state index in [0.29, 0.717) is 5.56 Å². The summed E-state index contributed by atoms with van der Waals surface area (Å²) in [6.45, 7) is 1.97. The van der Waals surface area contributed by atoms with Gasteiger partial charge in [-0.2, -0.15) is 5.26 Å². The van der Waals surface area contributed by atoms with Crippen molar-refractivity contribution in [3.8, 4) is 6.07 Å². The number of aryl methyl sites for hydroxylation is 1. The second-order valence-electron chi connectivity index (χ2n) is 4.25. The maximum absolute atomic E-state index is 13.1. The second-order valence-corrected chi connectivity index (χ2v) is 4.66. The fourth-order valence-electron chi connectivity index (χ4n) is 1.78. The Balaban J connectivity index is 2.25. The van der Waals surface area contributed by atoms with Crippen molar-refractivity contribution in [1.29, 1.82) is 5.26 Å². The van der Waals surface area contributed by atoms with Crippen molar-refractivity contribution in [2.24, 2.45) is 0 Å². The first-order valence-corrected chi connectivity index (χ1v) is 6.15. The highest BCUT2D eigenvalue weighted by Gasteiger charge is 2.12. The van der Waals surface area contributed by atoms with Gasteiger partial charge in [-0.3, -0.25) is 0 Å². The molecule has 0 saturated carbocycles. The first kappa shape index (κ1) is 13.4. The minimum atomic E-state index is -0.570. The summed E-state index contributed by atoms with van der Waals surface area (Å²) in [5.74, 6) is -0.488. The molecule has 2 aromatic rings. The van der Waals surface area contributed by atoms with Crippen LogP contribution in [-0.2, 0) is 0 Å². The highest BCUT2D eigenvalue weighted by atomic mass is 35.5. The van der Waals surface area contributed by atoms with Crippen LogP contribution in [0.25, 0.3) is 0 Å². The molecule has 0 aromatic heterocycles. The number of nitrogens with zero attached hydrogens (tertiary/aromatic N) is 1. The van der Waals surface area contributed by atoms with E-state index in [0.717, 1.165) is 11.3 Å². The molecule has 2 aromatic carbocycles. The van der Waals surface area contributed by atoms with Crippen LogP contribution in [0.5, 0.6) is 0 Å². The molecule has 0 heterocycles. The zero-order valence-corrected chi connectivity index (χ0v) is 11.1. The van der Waals surface area contributed by atoms with Gasteiger partial charge >= 0.3 is 0 Å². The van der Waals surface area contributed by atoms with Crippen molar-refractivity contribution in [1.82, 2.24) is 0 Å². The molecule has 0 fully saturated rings. The van der Waals surface area contributed by atoms with Gasteiger partial charge in [0.25, 0.3) is 0 Å². The van der Waals surface area contributed by atoms with Gasteiger partial charge in [0, 0.05) is 5.69 Å². The predicted molar refractivity (Wildman–Crippen MR) is 74.6 cm³/mol. The number of nitrogens with one attached hydrogen (secondary N) is 1. The second kappa shape index (κ2) is 5.73. The maximum atomic E-state index is 13.1. The fourth-order valence-corrected chi connectivity index (χ4v) is 1.97. The van der Waals surface area contributed by atoms with Gasteiger partial charge in [0.15, 0.2) is 0 Å². The number of halogens is 2. The van der Waals surface area contributed by atoms with E-state index in [4.69, 9.17) is 11.6 Å². The quantitative estimate of drug-likeness (QED) is 0.897. The monoisotopic (exact) mass is 274 g/mol. The Hall–Kier alpha value is -2.05. The molecule has 1 unspecified atom stereocenters. The minimum Gasteiger partial charge on any atom is -0.366 e. The van der Waals surface area contributed by atoms with Gasteiger partial charge in [0.05, 0.1) is 11.1 Å². The van der Waals surface area contributed by atoms with Crippen molar-refractivity contribution >= 4 is 17.3 Å². The van der Waals surface area contributed by atoms with Crippen LogP contribution in [0, 0.1) is 24.1 Å². The van der Waals surface area contributed by atoms with Gasteiger partial charge in [-0.25, -0.2) is 4.39 Å². The lowest BCUT2D eigenvalue weighted by molar-refractivity contribution is 0.627. The van der Waals surface area contributed by atoms with Crippen molar-refractivity contribution in [2.45, 2.75) is 13.0 Å². The molecule has 1 N–H and O–H groups in total. The van der Waals surface area contributed by atoms with Gasteiger partial charge in [-0.15, -0.1) is 0 Å².